The molecule has 2 bridgehead atoms. The van der Waals surface area contributed by atoms with E-state index in [-0.39, 0.29) is 17.9 Å². The van der Waals surface area contributed by atoms with Crippen LogP contribution in [0.3, 0.4) is 0 Å². The van der Waals surface area contributed by atoms with Crippen LogP contribution in [0.25, 0.3) is 10.9 Å². The molecule has 224 valence electrons. The number of nitrogens with zero attached hydrogens (tertiary/aromatic N) is 2. The highest BCUT2D eigenvalue weighted by Crippen LogP contribution is 2.69. The number of aliphatic carboxylic acids is 1. The number of nitrogens with two attached hydrogens (primary N) is 1. The molecule has 2 aromatic carbocycles. The Hall–Kier alpha value is -3.28. The third-order valence-electron chi connectivity index (χ3n) is 10.2. The number of aromatic nitrogens is 1. The number of phenols is 1. The van der Waals surface area contributed by atoms with Gasteiger partial charge in [0.1, 0.15) is 0 Å². The summed E-state index contributed by atoms with van der Waals surface area (Å²) in [4.78, 5) is 11.5. The van der Waals surface area contributed by atoms with E-state index in [0.29, 0.717) is 18.7 Å². The van der Waals surface area contributed by atoms with E-state index in [1.807, 2.05) is 0 Å². The summed E-state index contributed by atoms with van der Waals surface area (Å²) in [6.07, 6.45) is 0.394. The minimum Gasteiger partial charge on any atom is -0.504 e. The summed E-state index contributed by atoms with van der Waals surface area (Å²) in [5.41, 5.74) is 10.4. The molecule has 0 unspecified atom stereocenters. The first kappa shape index (κ1) is 27.5. The van der Waals surface area contributed by atoms with Gasteiger partial charge in [-0.3, -0.25) is 4.90 Å². The van der Waals surface area contributed by atoms with Crippen molar-refractivity contribution in [2.24, 2.45) is 11.7 Å². The van der Waals surface area contributed by atoms with Crippen LogP contribution in [0.5, 0.6) is 11.5 Å². The molecule has 8 rings (SSSR count). The second kappa shape index (κ2) is 9.36. The van der Waals surface area contributed by atoms with Crippen LogP contribution in [0.15, 0.2) is 36.4 Å². The fourth-order valence-corrected chi connectivity index (χ4v) is 8.29. The van der Waals surface area contributed by atoms with E-state index in [0.717, 1.165) is 50.4 Å². The van der Waals surface area contributed by atoms with E-state index in [1.165, 1.54) is 40.6 Å². The first-order valence-corrected chi connectivity index (χ1v) is 14.6. The minimum absolute atomic E-state index is 0.0604. The molecule has 4 atom stereocenters. The van der Waals surface area contributed by atoms with Gasteiger partial charge in [-0.25, -0.2) is 4.79 Å². The van der Waals surface area contributed by atoms with Crippen molar-refractivity contribution >= 4 is 16.9 Å². The minimum atomic E-state index is -5.08. The maximum Gasteiger partial charge on any atom is 0.490 e. The number of rotatable bonds is 5. The van der Waals surface area contributed by atoms with Crippen molar-refractivity contribution in [2.45, 2.75) is 74.4 Å². The molecule has 3 heterocycles. The Kier molecular flexibility index (Phi) is 6.14. The highest BCUT2D eigenvalue weighted by atomic mass is 19.4. The number of aliphatic hydroxyl groups is 1. The second-order valence-electron chi connectivity index (χ2n) is 12.4. The number of carboxylic acids is 1. The van der Waals surface area contributed by atoms with Gasteiger partial charge in [0.25, 0.3) is 0 Å². The number of carboxylic acid groups (broad SMARTS) is 1. The number of ether oxygens (including phenoxy) is 1. The van der Waals surface area contributed by atoms with Gasteiger partial charge in [0, 0.05) is 42.0 Å². The predicted octanol–water partition coefficient (Wildman–Crippen LogP) is 4.03. The van der Waals surface area contributed by atoms with Gasteiger partial charge in [0.05, 0.1) is 16.7 Å². The normalized spacial score (nSPS) is 28.9. The lowest BCUT2D eigenvalue weighted by Gasteiger charge is -2.63. The zero-order valence-corrected chi connectivity index (χ0v) is 23.0. The van der Waals surface area contributed by atoms with Gasteiger partial charge < -0.3 is 30.4 Å². The summed E-state index contributed by atoms with van der Waals surface area (Å²) in [5, 5.41) is 32.2. The molecule has 1 saturated heterocycles. The number of aromatic hydroxyl groups is 1. The SMILES string of the molecule is NCCCn1c2c(c3ccccc31)C[C@@]1(O)[C@@H]3Cc4ccc(O)c5c4[C@@]1(CCN3CC1CC1)[C@H]2O5.O=C(O)C(F)(F)F. The number of hydrogen-bond donors (Lipinski definition) is 4. The molecule has 1 saturated carbocycles. The van der Waals surface area contributed by atoms with Gasteiger partial charge in [-0.15, -0.1) is 0 Å². The number of phenolic OH excluding ortho intramolecular Hbond substituents is 1. The Morgan fingerprint density at radius 1 is 1.17 bits per heavy atom. The van der Waals surface area contributed by atoms with E-state index in [4.69, 9.17) is 20.4 Å². The Bertz CT molecular complexity index is 1580. The van der Waals surface area contributed by atoms with Crippen molar-refractivity contribution in [1.29, 1.82) is 0 Å². The van der Waals surface area contributed by atoms with E-state index in [1.54, 1.807) is 6.07 Å². The van der Waals surface area contributed by atoms with Gasteiger partial charge >= 0.3 is 12.1 Å². The van der Waals surface area contributed by atoms with Gasteiger partial charge in [0.15, 0.2) is 17.6 Å². The topological polar surface area (TPSA) is 121 Å². The van der Waals surface area contributed by atoms with Gasteiger partial charge in [0.2, 0.25) is 0 Å². The van der Waals surface area contributed by atoms with E-state index >= 15 is 0 Å². The largest absolute Gasteiger partial charge is 0.504 e. The average molecular weight is 586 g/mol. The zero-order valence-electron chi connectivity index (χ0n) is 23.0. The Morgan fingerprint density at radius 3 is 2.60 bits per heavy atom. The smallest absolute Gasteiger partial charge is 0.490 e. The van der Waals surface area contributed by atoms with Gasteiger partial charge in [-0.1, -0.05) is 24.3 Å². The Labute approximate surface area is 240 Å². The third kappa shape index (κ3) is 3.75. The van der Waals surface area contributed by atoms with E-state index in [9.17, 15) is 23.4 Å². The summed E-state index contributed by atoms with van der Waals surface area (Å²) >= 11 is 0. The molecule has 2 aliphatic heterocycles. The van der Waals surface area contributed by atoms with Crippen LogP contribution in [-0.4, -0.2) is 68.2 Å². The van der Waals surface area contributed by atoms with E-state index in [2.05, 4.69) is 39.8 Å². The molecule has 0 radical (unpaired) electrons. The Balaban J connectivity index is 0.000000370. The van der Waals surface area contributed by atoms with Gasteiger partial charge in [-0.2, -0.15) is 13.2 Å². The molecule has 0 amide bonds. The number of piperidine rings is 1. The molecule has 8 nitrogen and oxygen atoms in total. The molecule has 11 heteroatoms. The van der Waals surface area contributed by atoms with Crippen LogP contribution in [0.4, 0.5) is 13.2 Å². The lowest BCUT2D eigenvalue weighted by Crippen LogP contribution is -2.74. The van der Waals surface area contributed by atoms with Crippen LogP contribution in [0, 0.1) is 5.92 Å². The molecule has 1 aromatic heterocycles. The van der Waals surface area contributed by atoms with Crippen LogP contribution < -0.4 is 10.5 Å². The molecule has 3 aromatic rings. The first-order chi connectivity index (χ1) is 20.0. The van der Waals surface area contributed by atoms with Crippen molar-refractivity contribution in [3.63, 3.8) is 0 Å². The second-order valence-corrected chi connectivity index (χ2v) is 12.4. The van der Waals surface area contributed by atoms with Crippen LogP contribution in [0.1, 0.15) is 54.2 Å². The van der Waals surface area contributed by atoms with Crippen LogP contribution >= 0.6 is 0 Å². The molecular formula is C31H34F3N3O5. The highest BCUT2D eigenvalue weighted by molar-refractivity contribution is 5.87. The monoisotopic (exact) mass is 585 g/mol. The number of para-hydroxylation sites is 1. The first-order valence-electron chi connectivity index (χ1n) is 14.6. The standard InChI is InChI=1S/C29H33N3O3.C2HF3O2/c30-11-3-12-32-21-5-2-1-4-19(21)20-15-29(34)23-14-18-8-9-22(33)26-24(18)28(29,27(35-26)25(20)32)10-13-31(23)16-17-6-7-17;3-2(4,5)1(6)7/h1-2,4-5,8-9,17,23,27,33-34H,3,6-7,10-16,30H2;(H,6,7)/t23-,27-,28-,29+;/m0./s1. The number of fused-ring (bicyclic) bond motifs is 4. The van der Waals surface area contributed by atoms with Crippen molar-refractivity contribution in [3.8, 4) is 11.5 Å². The predicted molar refractivity (Wildman–Crippen MR) is 148 cm³/mol. The molecule has 2 fully saturated rings. The lowest BCUT2D eigenvalue weighted by atomic mass is 9.49. The molecular weight excluding hydrogens is 551 g/mol. The fraction of sp³-hybridized carbons (Fsp3) is 0.516. The Morgan fingerprint density at radius 2 is 1.90 bits per heavy atom. The number of hydrogen-bond acceptors (Lipinski definition) is 6. The fourth-order valence-electron chi connectivity index (χ4n) is 8.29. The third-order valence-corrected chi connectivity index (χ3v) is 10.2. The van der Waals surface area contributed by atoms with Crippen molar-refractivity contribution in [3.05, 3.63) is 58.8 Å². The molecule has 42 heavy (non-hydrogen) atoms. The maximum absolute atomic E-state index is 13.0. The van der Waals surface area contributed by atoms with Crippen molar-refractivity contribution in [2.75, 3.05) is 19.6 Å². The number of aryl methyl sites for hydroxylation is 1. The summed E-state index contributed by atoms with van der Waals surface area (Å²) in [6.45, 7) is 3.51. The van der Waals surface area contributed by atoms with E-state index < -0.39 is 23.2 Å². The summed E-state index contributed by atoms with van der Waals surface area (Å²) in [7, 11) is 0. The quantitative estimate of drug-likeness (QED) is 0.357. The zero-order chi connectivity index (χ0) is 29.6. The number of carbonyl (C=O) groups is 1. The number of benzene rings is 2. The number of likely N-dealkylation sites (tertiary alicyclic amines) is 1. The highest BCUT2D eigenvalue weighted by Gasteiger charge is 2.73. The maximum atomic E-state index is 13.0. The summed E-state index contributed by atoms with van der Waals surface area (Å²) < 4.78 is 40.9. The molecule has 5 aliphatic rings. The van der Waals surface area contributed by atoms with Crippen molar-refractivity contribution in [1.82, 2.24) is 9.47 Å². The number of alkyl halides is 3. The summed E-state index contributed by atoms with van der Waals surface area (Å²) in [6, 6.07) is 12.5. The van der Waals surface area contributed by atoms with Gasteiger partial charge in [-0.05, 0) is 74.4 Å². The number of halogens is 3. The van der Waals surface area contributed by atoms with Crippen LogP contribution in [0.2, 0.25) is 0 Å². The van der Waals surface area contributed by atoms with Crippen molar-refractivity contribution < 1.29 is 38.0 Å². The average Bonchev–Trinajstić information content (AvgIpc) is 3.61. The molecule has 1 spiro atoms. The van der Waals surface area contributed by atoms with Crippen LogP contribution in [-0.2, 0) is 29.6 Å². The molecule has 5 N–H and O–H groups in total. The molecule has 3 aliphatic carbocycles. The summed E-state index contributed by atoms with van der Waals surface area (Å²) in [5.74, 6) is -1.19. The lowest BCUT2D eigenvalue weighted by molar-refractivity contribution is -0.192.